The smallest absolute Gasteiger partial charge is 0.475 e. The predicted molar refractivity (Wildman–Crippen MR) is 129 cm³/mol. The van der Waals surface area contributed by atoms with Crippen molar-refractivity contribution in [2.75, 3.05) is 19.7 Å². The van der Waals surface area contributed by atoms with Crippen LogP contribution < -0.4 is 0 Å². The Labute approximate surface area is 226 Å². The van der Waals surface area contributed by atoms with E-state index < -0.39 is 24.3 Å². The topological polar surface area (TPSA) is 109 Å². The minimum absolute atomic E-state index is 0.00630. The monoisotopic (exact) mass is 580 g/mol. The fourth-order valence-corrected chi connectivity index (χ4v) is 4.06. The number of carboxylic acid groups (broad SMARTS) is 2. The Morgan fingerprint density at radius 2 is 1.55 bits per heavy atom. The molecule has 14 heteroatoms. The Morgan fingerprint density at radius 1 is 1.00 bits per heavy atom. The van der Waals surface area contributed by atoms with Gasteiger partial charge >= 0.3 is 24.3 Å². The first-order valence-electron chi connectivity index (χ1n) is 12.1. The average molecular weight is 581 g/mol. The molecule has 1 atom stereocenters. The van der Waals surface area contributed by atoms with Crippen LogP contribution in [-0.2, 0) is 32.2 Å². The van der Waals surface area contributed by atoms with Crippen LogP contribution in [0.15, 0.2) is 42.5 Å². The van der Waals surface area contributed by atoms with Gasteiger partial charge in [-0.25, -0.2) is 9.59 Å². The van der Waals surface area contributed by atoms with Crippen LogP contribution in [0.2, 0.25) is 0 Å². The van der Waals surface area contributed by atoms with E-state index >= 15 is 0 Å². The number of aromatic nitrogens is 1. The van der Waals surface area contributed by atoms with Crippen molar-refractivity contribution in [3.63, 3.8) is 0 Å². The van der Waals surface area contributed by atoms with E-state index in [0.717, 1.165) is 50.5 Å². The number of hydrogen-bond acceptors (Lipinski definition) is 6. The summed E-state index contributed by atoms with van der Waals surface area (Å²) in [5.41, 5.74) is 4.74. The van der Waals surface area contributed by atoms with Crippen LogP contribution in [0.5, 0.6) is 0 Å². The summed E-state index contributed by atoms with van der Waals surface area (Å²) in [6, 6.07) is 14.9. The Morgan fingerprint density at radius 3 is 2.05 bits per heavy atom. The molecule has 0 radical (unpaired) electrons. The molecule has 1 spiro atoms. The minimum atomic E-state index is -5.08. The van der Waals surface area contributed by atoms with Crippen LogP contribution in [0.3, 0.4) is 0 Å². The molecule has 2 fully saturated rings. The van der Waals surface area contributed by atoms with Gasteiger partial charge in [0.25, 0.3) is 0 Å². The summed E-state index contributed by atoms with van der Waals surface area (Å²) in [7, 11) is 0. The van der Waals surface area contributed by atoms with Gasteiger partial charge in [-0.1, -0.05) is 35.9 Å². The van der Waals surface area contributed by atoms with Crippen molar-refractivity contribution in [1.82, 2.24) is 9.88 Å². The third-order valence-corrected chi connectivity index (χ3v) is 5.90. The molecule has 8 nitrogen and oxygen atoms in total. The molecule has 1 unspecified atom stereocenters. The van der Waals surface area contributed by atoms with Gasteiger partial charge in [0.05, 0.1) is 24.0 Å². The SMILES string of the molecule is Cc1ccc(CN2CC3(CC(OCc4cccc(C)n4)CCO3)C2)cc1.O=C(O)C(F)(F)F.O=C(O)C(F)(F)F. The molecule has 1 aromatic heterocycles. The molecule has 222 valence electrons. The second-order valence-corrected chi connectivity index (χ2v) is 9.46. The van der Waals surface area contributed by atoms with E-state index in [2.05, 4.69) is 41.1 Å². The van der Waals surface area contributed by atoms with Gasteiger partial charge in [-0.15, -0.1) is 0 Å². The summed E-state index contributed by atoms with van der Waals surface area (Å²) in [4.78, 5) is 24.8. The van der Waals surface area contributed by atoms with Crippen LogP contribution in [0.25, 0.3) is 0 Å². The van der Waals surface area contributed by atoms with Crippen molar-refractivity contribution in [3.05, 3.63) is 65.0 Å². The van der Waals surface area contributed by atoms with Crippen molar-refractivity contribution in [2.24, 2.45) is 0 Å². The molecule has 0 amide bonds. The van der Waals surface area contributed by atoms with Gasteiger partial charge < -0.3 is 19.7 Å². The maximum atomic E-state index is 10.6. The highest BCUT2D eigenvalue weighted by Gasteiger charge is 2.47. The molecule has 2 saturated heterocycles. The second-order valence-electron chi connectivity index (χ2n) is 9.46. The quantitative estimate of drug-likeness (QED) is 0.480. The average Bonchev–Trinajstić information content (AvgIpc) is 2.83. The number of ether oxygens (including phenoxy) is 2. The van der Waals surface area contributed by atoms with Crippen molar-refractivity contribution in [3.8, 4) is 0 Å². The van der Waals surface area contributed by atoms with Gasteiger partial charge in [-0.2, -0.15) is 26.3 Å². The first-order valence-corrected chi connectivity index (χ1v) is 12.1. The molecule has 2 aliphatic rings. The molecule has 0 saturated carbocycles. The van der Waals surface area contributed by atoms with Crippen LogP contribution >= 0.6 is 0 Å². The maximum Gasteiger partial charge on any atom is 0.490 e. The zero-order valence-corrected chi connectivity index (χ0v) is 21.8. The van der Waals surface area contributed by atoms with Crippen LogP contribution in [0.4, 0.5) is 26.3 Å². The van der Waals surface area contributed by atoms with Crippen molar-refractivity contribution in [1.29, 1.82) is 0 Å². The summed E-state index contributed by atoms with van der Waals surface area (Å²) in [6.07, 6.45) is -7.93. The lowest BCUT2D eigenvalue weighted by Crippen LogP contribution is -2.65. The van der Waals surface area contributed by atoms with E-state index in [1.807, 2.05) is 25.1 Å². The predicted octanol–water partition coefficient (Wildman–Crippen LogP) is 4.92. The molecule has 0 aliphatic carbocycles. The first kappa shape index (κ1) is 33.0. The fraction of sp³-hybridized carbons (Fsp3) is 0.500. The summed E-state index contributed by atoms with van der Waals surface area (Å²) in [6.45, 7) is 8.55. The van der Waals surface area contributed by atoms with Gasteiger partial charge in [-0.05, 0) is 38.0 Å². The highest BCUT2D eigenvalue weighted by atomic mass is 19.4. The number of likely N-dealkylation sites (tertiary alicyclic amines) is 1. The Kier molecular flexibility index (Phi) is 11.5. The summed E-state index contributed by atoms with van der Waals surface area (Å²) < 4.78 is 75.8. The third kappa shape index (κ3) is 11.1. The largest absolute Gasteiger partial charge is 0.490 e. The summed E-state index contributed by atoms with van der Waals surface area (Å²) in [5.74, 6) is -5.51. The van der Waals surface area contributed by atoms with E-state index in [0.29, 0.717) is 6.61 Å². The zero-order chi connectivity index (χ0) is 30.1. The number of carboxylic acids is 2. The highest BCUT2D eigenvalue weighted by Crippen LogP contribution is 2.36. The van der Waals surface area contributed by atoms with E-state index in [1.165, 1.54) is 11.1 Å². The van der Waals surface area contributed by atoms with Crippen LogP contribution in [0, 0.1) is 13.8 Å². The number of aliphatic carboxylic acids is 2. The molecule has 2 aromatic rings. The maximum absolute atomic E-state index is 10.6. The van der Waals surface area contributed by atoms with E-state index in [9.17, 15) is 26.3 Å². The molecular formula is C26H30F6N2O6. The lowest BCUT2D eigenvalue weighted by Gasteiger charge is -2.53. The van der Waals surface area contributed by atoms with Gasteiger partial charge in [0, 0.05) is 38.4 Å². The van der Waals surface area contributed by atoms with Gasteiger partial charge in [0.1, 0.15) is 0 Å². The Bertz CT molecular complexity index is 1090. The number of hydrogen-bond donors (Lipinski definition) is 2. The second kappa shape index (κ2) is 13.9. The van der Waals surface area contributed by atoms with Gasteiger partial charge in [0.15, 0.2) is 0 Å². The Balaban J connectivity index is 0.000000333. The molecule has 2 N–H and O–H groups in total. The molecule has 2 aliphatic heterocycles. The van der Waals surface area contributed by atoms with E-state index in [-0.39, 0.29) is 11.7 Å². The van der Waals surface area contributed by atoms with Crippen molar-refractivity contribution in [2.45, 2.75) is 63.9 Å². The van der Waals surface area contributed by atoms with Crippen molar-refractivity contribution < 1.29 is 55.6 Å². The lowest BCUT2D eigenvalue weighted by molar-refractivity contribution is -0.200. The number of halogens is 6. The molecule has 40 heavy (non-hydrogen) atoms. The van der Waals surface area contributed by atoms with Gasteiger partial charge in [0.2, 0.25) is 0 Å². The van der Waals surface area contributed by atoms with E-state index in [1.54, 1.807) is 0 Å². The molecule has 3 heterocycles. The van der Waals surface area contributed by atoms with Crippen LogP contribution in [0.1, 0.15) is 35.4 Å². The van der Waals surface area contributed by atoms with Crippen molar-refractivity contribution >= 4 is 11.9 Å². The first-order chi connectivity index (χ1) is 18.5. The zero-order valence-electron chi connectivity index (χ0n) is 21.8. The molecule has 4 rings (SSSR count). The molecular weight excluding hydrogens is 550 g/mol. The number of pyridine rings is 1. The number of carbonyl (C=O) groups is 2. The minimum Gasteiger partial charge on any atom is -0.475 e. The lowest BCUT2D eigenvalue weighted by atomic mass is 9.84. The van der Waals surface area contributed by atoms with Crippen LogP contribution in [-0.4, -0.2) is 75.8 Å². The number of aryl methyl sites for hydroxylation is 2. The summed E-state index contributed by atoms with van der Waals surface area (Å²) in [5, 5.41) is 14.2. The Hall–Kier alpha value is -3.23. The molecule has 1 aromatic carbocycles. The highest BCUT2D eigenvalue weighted by molar-refractivity contribution is 5.73. The third-order valence-electron chi connectivity index (χ3n) is 5.90. The standard InChI is InChI=1S/C22H28N2O2.2C2HF3O2/c1-17-6-8-19(9-7-17)13-24-15-22(16-24)12-21(10-11-26-22)25-14-20-5-3-4-18(2)23-20;2*3-2(4,5)1(6)7/h3-9,21H,10-16H2,1-2H3;2*(H,6,7). The van der Waals surface area contributed by atoms with Gasteiger partial charge in [-0.3, -0.25) is 9.88 Å². The molecule has 0 bridgehead atoms. The fourth-order valence-electron chi connectivity index (χ4n) is 4.06. The number of alkyl halides is 6. The number of benzene rings is 1. The normalized spacial score (nSPS) is 18.4. The number of nitrogens with zero attached hydrogens (tertiary/aromatic N) is 2. The van der Waals surface area contributed by atoms with E-state index in [4.69, 9.17) is 29.3 Å². The summed E-state index contributed by atoms with van der Waals surface area (Å²) >= 11 is 0. The number of rotatable bonds is 5.